The van der Waals surface area contributed by atoms with Crippen LogP contribution in [0.3, 0.4) is 0 Å². The number of hydrogen-bond donors (Lipinski definition) is 1. The molecule has 2 aromatic rings. The van der Waals surface area contributed by atoms with Gasteiger partial charge < -0.3 is 5.32 Å². The van der Waals surface area contributed by atoms with Gasteiger partial charge in [-0.2, -0.15) is 0 Å². The number of nitrogens with one attached hydrogen (secondary N) is 1. The van der Waals surface area contributed by atoms with Gasteiger partial charge in [0.15, 0.2) is 0 Å². The largest absolute Gasteiger partial charge is 0.371 e. The fourth-order valence-electron chi connectivity index (χ4n) is 1.62. The number of rotatable bonds is 4. The predicted molar refractivity (Wildman–Crippen MR) is 70.1 cm³/mol. The molecule has 1 atom stereocenters. The summed E-state index contributed by atoms with van der Waals surface area (Å²) in [5.74, 6) is 0. The molecule has 0 spiro atoms. The van der Waals surface area contributed by atoms with Crippen LogP contribution in [0.1, 0.15) is 11.6 Å². The second-order valence-electron chi connectivity index (χ2n) is 3.66. The minimum atomic E-state index is -0.514. The van der Waals surface area contributed by atoms with E-state index in [2.05, 4.69) is 5.32 Å². The lowest BCUT2D eigenvalue weighted by Crippen LogP contribution is -2.16. The van der Waals surface area contributed by atoms with Crippen molar-refractivity contribution in [1.29, 1.82) is 0 Å². The van der Waals surface area contributed by atoms with Gasteiger partial charge in [-0.05, 0) is 29.3 Å². The fourth-order valence-corrected chi connectivity index (χ4v) is 1.80. The van der Waals surface area contributed by atoms with Crippen LogP contribution in [0.5, 0.6) is 0 Å². The van der Waals surface area contributed by atoms with Crippen molar-refractivity contribution in [2.45, 2.75) is 6.04 Å². The van der Waals surface area contributed by atoms with Crippen LogP contribution in [0.4, 0.5) is 5.69 Å². The second-order valence-corrected chi connectivity index (χ2v) is 4.03. The molecule has 0 aliphatic heterocycles. The average Bonchev–Trinajstić information content (AvgIpc) is 2.38. The third kappa shape index (κ3) is 3.08. The van der Waals surface area contributed by atoms with E-state index in [0.29, 0.717) is 0 Å². The molecule has 0 aliphatic carbocycles. The third-order valence-corrected chi connectivity index (χ3v) is 2.66. The molecule has 0 aromatic heterocycles. The fraction of sp³-hybridized carbons (Fsp3) is 0.0714. The minimum absolute atomic E-state index is 0.417. The molecule has 0 saturated heterocycles. The molecule has 0 saturated carbocycles. The van der Waals surface area contributed by atoms with Crippen molar-refractivity contribution in [3.8, 4) is 0 Å². The normalized spacial score (nSPS) is 11.8. The summed E-state index contributed by atoms with van der Waals surface area (Å²) in [6.07, 6.45) is 0. The van der Waals surface area contributed by atoms with Crippen molar-refractivity contribution >= 4 is 22.5 Å². The van der Waals surface area contributed by atoms with Crippen molar-refractivity contribution in [1.82, 2.24) is 0 Å². The van der Waals surface area contributed by atoms with Gasteiger partial charge in [0.1, 0.15) is 6.04 Å². The Bertz CT molecular complexity index is 484. The first-order valence-corrected chi connectivity index (χ1v) is 5.71. The molecule has 2 aromatic carbocycles. The number of carbonyl (C=O) groups is 1. The molecule has 2 nitrogen and oxygen atoms in total. The van der Waals surface area contributed by atoms with Crippen LogP contribution in [0, 0.1) is 0 Å². The monoisotopic (exact) mass is 245 g/mol. The van der Waals surface area contributed by atoms with Crippen molar-refractivity contribution in [3.63, 3.8) is 0 Å². The van der Waals surface area contributed by atoms with E-state index in [-0.39, 0.29) is 0 Å². The van der Waals surface area contributed by atoms with E-state index in [4.69, 9.17) is 11.6 Å². The van der Waals surface area contributed by atoms with Crippen molar-refractivity contribution < 1.29 is 4.79 Å². The van der Waals surface area contributed by atoms with Crippen LogP contribution >= 0.6 is 11.6 Å². The summed E-state index contributed by atoms with van der Waals surface area (Å²) in [6.45, 7) is 0. The lowest BCUT2D eigenvalue weighted by Gasteiger charge is -2.16. The van der Waals surface area contributed by atoms with Gasteiger partial charge in [-0.3, -0.25) is 4.79 Å². The topological polar surface area (TPSA) is 29.1 Å². The van der Waals surface area contributed by atoms with E-state index in [0.717, 1.165) is 11.3 Å². The number of anilines is 1. The molecular formula is C14H12ClNO. The summed E-state index contributed by atoms with van der Waals surface area (Å²) in [7, 11) is 0. The Labute approximate surface area is 105 Å². The summed E-state index contributed by atoms with van der Waals surface area (Å²) in [6, 6.07) is 18.4. The summed E-state index contributed by atoms with van der Waals surface area (Å²) >= 11 is 5.63. The summed E-state index contributed by atoms with van der Waals surface area (Å²) in [5, 5.41) is 2.70. The minimum Gasteiger partial charge on any atom is -0.371 e. The first kappa shape index (κ1) is 11.7. The lowest BCUT2D eigenvalue weighted by atomic mass is 10.1. The molecule has 1 N–H and O–H groups in total. The molecule has 0 heterocycles. The summed E-state index contributed by atoms with van der Waals surface area (Å²) in [4.78, 5) is 11.5. The smallest absolute Gasteiger partial charge is 0.248 e. The van der Waals surface area contributed by atoms with Crippen molar-refractivity contribution in [2.24, 2.45) is 0 Å². The highest BCUT2D eigenvalue weighted by molar-refractivity contribution is 6.64. The first-order valence-electron chi connectivity index (χ1n) is 5.33. The lowest BCUT2D eigenvalue weighted by molar-refractivity contribution is -0.112. The van der Waals surface area contributed by atoms with E-state index >= 15 is 0 Å². The van der Waals surface area contributed by atoms with Gasteiger partial charge in [-0.1, -0.05) is 48.5 Å². The number of benzene rings is 2. The molecule has 0 bridgehead atoms. The zero-order chi connectivity index (χ0) is 12.1. The average molecular weight is 246 g/mol. The maximum absolute atomic E-state index is 11.5. The van der Waals surface area contributed by atoms with Crippen molar-refractivity contribution in [2.75, 3.05) is 5.32 Å². The Morgan fingerprint density at radius 1 is 0.941 bits per heavy atom. The Morgan fingerprint density at radius 2 is 1.47 bits per heavy atom. The molecular weight excluding hydrogens is 234 g/mol. The molecule has 86 valence electrons. The molecule has 1 unspecified atom stereocenters. The summed E-state index contributed by atoms with van der Waals surface area (Å²) in [5.41, 5.74) is 1.73. The van der Waals surface area contributed by atoms with E-state index in [9.17, 15) is 4.79 Å². The van der Waals surface area contributed by atoms with Crippen LogP contribution in [0.25, 0.3) is 0 Å². The van der Waals surface area contributed by atoms with Gasteiger partial charge >= 0.3 is 0 Å². The van der Waals surface area contributed by atoms with E-state index < -0.39 is 11.3 Å². The van der Waals surface area contributed by atoms with Crippen molar-refractivity contribution in [3.05, 3.63) is 66.2 Å². The Kier molecular flexibility index (Phi) is 3.78. The highest BCUT2D eigenvalue weighted by Crippen LogP contribution is 2.21. The van der Waals surface area contributed by atoms with Crippen LogP contribution in [-0.2, 0) is 4.79 Å². The van der Waals surface area contributed by atoms with Gasteiger partial charge in [0.05, 0.1) is 0 Å². The molecule has 17 heavy (non-hydrogen) atoms. The van der Waals surface area contributed by atoms with E-state index in [1.807, 2.05) is 60.7 Å². The maximum atomic E-state index is 11.5. The number of halogens is 1. The number of para-hydroxylation sites is 1. The van der Waals surface area contributed by atoms with Gasteiger partial charge in [0.2, 0.25) is 5.24 Å². The summed E-state index contributed by atoms with van der Waals surface area (Å²) < 4.78 is 0. The predicted octanol–water partition coefficient (Wildman–Crippen LogP) is 3.61. The molecule has 0 amide bonds. The number of hydrogen-bond acceptors (Lipinski definition) is 2. The number of carbonyl (C=O) groups excluding carboxylic acids is 1. The standard InChI is InChI=1S/C14H12ClNO/c15-14(17)13(11-7-3-1-4-8-11)16-12-9-5-2-6-10-12/h1-10,13,16H. The molecule has 0 radical (unpaired) electrons. The maximum Gasteiger partial charge on any atom is 0.248 e. The van der Waals surface area contributed by atoms with E-state index in [1.165, 1.54) is 0 Å². The Balaban J connectivity index is 2.23. The third-order valence-electron chi connectivity index (χ3n) is 2.44. The zero-order valence-corrected chi connectivity index (χ0v) is 9.89. The highest BCUT2D eigenvalue weighted by atomic mass is 35.5. The van der Waals surface area contributed by atoms with Gasteiger partial charge in [0.25, 0.3) is 0 Å². The van der Waals surface area contributed by atoms with Crippen LogP contribution < -0.4 is 5.32 Å². The molecule has 3 heteroatoms. The molecule has 0 aliphatic rings. The zero-order valence-electron chi connectivity index (χ0n) is 9.14. The SMILES string of the molecule is O=C(Cl)C(Nc1ccccc1)c1ccccc1. The first-order chi connectivity index (χ1) is 8.27. The Morgan fingerprint density at radius 3 is 2.00 bits per heavy atom. The van der Waals surface area contributed by atoms with Crippen LogP contribution in [-0.4, -0.2) is 5.24 Å². The van der Waals surface area contributed by atoms with E-state index in [1.54, 1.807) is 0 Å². The molecule has 0 fully saturated rings. The highest BCUT2D eigenvalue weighted by Gasteiger charge is 2.17. The van der Waals surface area contributed by atoms with Crippen LogP contribution in [0.2, 0.25) is 0 Å². The van der Waals surface area contributed by atoms with Gasteiger partial charge in [-0.25, -0.2) is 0 Å². The second kappa shape index (κ2) is 5.51. The molecule has 2 rings (SSSR count). The van der Waals surface area contributed by atoms with Gasteiger partial charge in [-0.15, -0.1) is 0 Å². The quantitative estimate of drug-likeness (QED) is 0.834. The van der Waals surface area contributed by atoms with Crippen LogP contribution in [0.15, 0.2) is 60.7 Å². The Hall–Kier alpha value is -1.80. The van der Waals surface area contributed by atoms with Gasteiger partial charge in [0, 0.05) is 5.69 Å².